The summed E-state index contributed by atoms with van der Waals surface area (Å²) in [5.41, 5.74) is 5.84. The Labute approximate surface area is 100 Å². The normalized spacial score (nSPS) is 13.4. The van der Waals surface area contributed by atoms with Crippen molar-refractivity contribution in [3.8, 4) is 0 Å². The topological polar surface area (TPSA) is 72.2 Å². The number of benzene rings is 1. The molecule has 0 aromatic heterocycles. The van der Waals surface area contributed by atoms with Gasteiger partial charge in [-0.25, -0.2) is 13.1 Å². The van der Waals surface area contributed by atoms with E-state index in [1.165, 1.54) is 24.3 Å². The molecular weight excluding hydrogens is 248 g/mol. The predicted octanol–water partition coefficient (Wildman–Crippen LogP) is 1.78. The van der Waals surface area contributed by atoms with Gasteiger partial charge in [0.25, 0.3) is 0 Å². The minimum absolute atomic E-state index is 0.0837. The van der Waals surface area contributed by atoms with Crippen molar-refractivity contribution >= 4 is 27.3 Å². The molecule has 0 saturated carbocycles. The van der Waals surface area contributed by atoms with Crippen LogP contribution in [0.25, 0.3) is 0 Å². The van der Waals surface area contributed by atoms with Crippen molar-refractivity contribution < 1.29 is 8.42 Å². The highest BCUT2D eigenvalue weighted by Gasteiger charge is 2.16. The number of halogens is 1. The molecule has 4 nitrogen and oxygen atoms in total. The lowest BCUT2D eigenvalue weighted by Crippen LogP contribution is -2.30. The summed E-state index contributed by atoms with van der Waals surface area (Å²) in [4.78, 5) is 0.0837. The molecule has 0 bridgehead atoms. The second-order valence-corrected chi connectivity index (χ2v) is 5.45. The molecule has 0 spiro atoms. The molecule has 16 heavy (non-hydrogen) atoms. The van der Waals surface area contributed by atoms with Crippen LogP contribution in [-0.4, -0.2) is 14.5 Å². The fourth-order valence-electron chi connectivity index (χ4n) is 1.04. The molecule has 1 rings (SSSR count). The first-order valence-electron chi connectivity index (χ1n) is 4.56. The van der Waals surface area contributed by atoms with Crippen LogP contribution in [0.15, 0.2) is 35.7 Å². The smallest absolute Gasteiger partial charge is 0.241 e. The molecule has 0 aliphatic rings. The summed E-state index contributed by atoms with van der Waals surface area (Å²) in [5, 5.41) is 0.217. The van der Waals surface area contributed by atoms with Crippen molar-refractivity contribution in [3.63, 3.8) is 0 Å². The summed E-state index contributed by atoms with van der Waals surface area (Å²) < 4.78 is 26.0. The van der Waals surface area contributed by atoms with Crippen LogP contribution in [0.1, 0.15) is 6.92 Å². The Bertz CT molecular complexity index is 500. The van der Waals surface area contributed by atoms with Gasteiger partial charge in [-0.05, 0) is 25.1 Å². The molecule has 0 fully saturated rings. The fourth-order valence-corrected chi connectivity index (χ4v) is 2.52. The Morgan fingerprint density at radius 3 is 2.69 bits per heavy atom. The molecule has 6 heteroatoms. The number of hydrogen-bond acceptors (Lipinski definition) is 3. The molecule has 0 saturated heterocycles. The van der Waals surface area contributed by atoms with Gasteiger partial charge in [0.2, 0.25) is 10.0 Å². The van der Waals surface area contributed by atoms with Gasteiger partial charge in [-0.1, -0.05) is 17.7 Å². The van der Waals surface area contributed by atoms with Gasteiger partial charge in [0.1, 0.15) is 0 Å². The average molecular weight is 261 g/mol. The lowest BCUT2D eigenvalue weighted by atomic mass is 10.3. The van der Waals surface area contributed by atoms with Crippen LogP contribution >= 0.6 is 11.6 Å². The number of sulfonamides is 1. The van der Waals surface area contributed by atoms with Gasteiger partial charge in [0.15, 0.2) is 0 Å². The molecule has 88 valence electrons. The van der Waals surface area contributed by atoms with Gasteiger partial charge in [-0.3, -0.25) is 0 Å². The molecule has 0 radical (unpaired) electrons. The van der Waals surface area contributed by atoms with Crippen molar-refractivity contribution in [3.05, 3.63) is 35.9 Å². The number of hydrogen-bond donors (Lipinski definition) is 2. The van der Waals surface area contributed by atoms with Gasteiger partial charge in [0.05, 0.1) is 15.6 Å². The summed E-state index contributed by atoms with van der Waals surface area (Å²) in [6.45, 7) is 5.18. The van der Waals surface area contributed by atoms with E-state index in [1.54, 1.807) is 6.92 Å². The quantitative estimate of drug-likeness (QED) is 0.640. The Morgan fingerprint density at radius 1 is 1.56 bits per heavy atom. The molecule has 0 aliphatic heterocycles. The predicted molar refractivity (Wildman–Crippen MR) is 65.8 cm³/mol. The van der Waals surface area contributed by atoms with Crippen LogP contribution in [-0.2, 0) is 10.0 Å². The van der Waals surface area contributed by atoms with Gasteiger partial charge in [-0.15, -0.1) is 6.58 Å². The molecule has 0 aliphatic carbocycles. The third-order valence-corrected chi connectivity index (χ3v) is 3.86. The zero-order chi connectivity index (χ0) is 12.3. The van der Waals surface area contributed by atoms with E-state index in [-0.39, 0.29) is 16.0 Å². The van der Waals surface area contributed by atoms with E-state index in [1.807, 2.05) is 0 Å². The zero-order valence-corrected chi connectivity index (χ0v) is 10.3. The highest BCUT2D eigenvalue weighted by atomic mass is 35.5. The highest BCUT2D eigenvalue weighted by Crippen LogP contribution is 2.22. The molecule has 1 unspecified atom stereocenters. The Balaban J connectivity index is 3.08. The Kier molecular flexibility index (Phi) is 3.96. The van der Waals surface area contributed by atoms with E-state index in [9.17, 15) is 8.42 Å². The average Bonchev–Trinajstić information content (AvgIpc) is 2.21. The highest BCUT2D eigenvalue weighted by molar-refractivity contribution is 7.89. The maximum Gasteiger partial charge on any atom is 0.241 e. The molecule has 1 atom stereocenters. The number of anilines is 1. The summed E-state index contributed by atoms with van der Waals surface area (Å²) in [7, 11) is -3.57. The van der Waals surface area contributed by atoms with E-state index in [4.69, 9.17) is 17.3 Å². The number of nitrogens with two attached hydrogens (primary N) is 1. The van der Waals surface area contributed by atoms with Gasteiger partial charge in [0, 0.05) is 6.04 Å². The van der Waals surface area contributed by atoms with Crippen molar-refractivity contribution in [2.75, 3.05) is 5.73 Å². The van der Waals surface area contributed by atoms with Crippen LogP contribution in [0.5, 0.6) is 0 Å². The third kappa shape index (κ3) is 2.98. The van der Waals surface area contributed by atoms with Crippen molar-refractivity contribution in [1.29, 1.82) is 0 Å². The monoisotopic (exact) mass is 260 g/mol. The summed E-state index contributed by atoms with van der Waals surface area (Å²) in [6.07, 6.45) is 1.50. The second-order valence-electron chi connectivity index (χ2n) is 3.33. The van der Waals surface area contributed by atoms with E-state index in [0.717, 1.165) is 0 Å². The largest absolute Gasteiger partial charge is 0.398 e. The van der Waals surface area contributed by atoms with Crippen molar-refractivity contribution in [1.82, 2.24) is 4.72 Å². The van der Waals surface area contributed by atoms with Crippen molar-refractivity contribution in [2.45, 2.75) is 17.9 Å². The number of rotatable bonds is 4. The SMILES string of the molecule is C=CC(C)NS(=O)(=O)c1ccc(N)c(Cl)c1. The Hall–Kier alpha value is -1.04. The minimum atomic E-state index is -3.57. The first-order chi connectivity index (χ1) is 7.36. The van der Waals surface area contributed by atoms with E-state index in [0.29, 0.717) is 5.69 Å². The first-order valence-corrected chi connectivity index (χ1v) is 6.43. The first kappa shape index (κ1) is 13.0. The number of nitrogen functional groups attached to an aromatic ring is 1. The molecule has 3 N–H and O–H groups in total. The number of nitrogens with one attached hydrogen (secondary N) is 1. The molecular formula is C10H13ClN2O2S. The molecule has 1 aromatic rings. The van der Waals surface area contributed by atoms with Crippen LogP contribution in [0.4, 0.5) is 5.69 Å². The summed E-state index contributed by atoms with van der Waals surface area (Å²) >= 11 is 5.75. The van der Waals surface area contributed by atoms with Crippen LogP contribution < -0.4 is 10.5 Å². The summed E-state index contributed by atoms with van der Waals surface area (Å²) in [6, 6.07) is 3.82. The maximum atomic E-state index is 11.8. The molecule has 0 heterocycles. The van der Waals surface area contributed by atoms with Gasteiger partial charge < -0.3 is 5.73 Å². The van der Waals surface area contributed by atoms with E-state index >= 15 is 0 Å². The van der Waals surface area contributed by atoms with Crippen LogP contribution in [0, 0.1) is 0 Å². The van der Waals surface area contributed by atoms with Crippen LogP contribution in [0.3, 0.4) is 0 Å². The lowest BCUT2D eigenvalue weighted by molar-refractivity contribution is 0.576. The summed E-state index contributed by atoms with van der Waals surface area (Å²) in [5.74, 6) is 0. The van der Waals surface area contributed by atoms with Gasteiger partial charge in [-0.2, -0.15) is 0 Å². The second kappa shape index (κ2) is 4.86. The van der Waals surface area contributed by atoms with Crippen LogP contribution in [0.2, 0.25) is 5.02 Å². The minimum Gasteiger partial charge on any atom is -0.398 e. The van der Waals surface area contributed by atoms with Gasteiger partial charge >= 0.3 is 0 Å². The van der Waals surface area contributed by atoms with Crippen molar-refractivity contribution in [2.24, 2.45) is 0 Å². The standard InChI is InChI=1S/C10H13ClN2O2S/c1-3-7(2)13-16(14,15)8-4-5-10(12)9(11)6-8/h3-7,13H,1,12H2,2H3. The maximum absolute atomic E-state index is 11.8. The third-order valence-electron chi connectivity index (χ3n) is 1.98. The zero-order valence-electron chi connectivity index (χ0n) is 8.77. The lowest BCUT2D eigenvalue weighted by Gasteiger charge is -2.10. The fraction of sp³-hybridized carbons (Fsp3) is 0.200. The Morgan fingerprint density at radius 2 is 2.19 bits per heavy atom. The molecule has 0 amide bonds. The van der Waals surface area contributed by atoms with E-state index in [2.05, 4.69) is 11.3 Å². The molecule has 1 aromatic carbocycles. The van der Waals surface area contributed by atoms with E-state index < -0.39 is 10.0 Å².